The second-order valence-electron chi connectivity index (χ2n) is 4.65. The van der Waals surface area contributed by atoms with Gasteiger partial charge in [-0.15, -0.1) is 0 Å². The van der Waals surface area contributed by atoms with Crippen LogP contribution < -0.4 is 5.73 Å². The van der Waals surface area contributed by atoms with Crippen molar-refractivity contribution in [2.75, 3.05) is 13.1 Å². The van der Waals surface area contributed by atoms with E-state index in [1.165, 1.54) is 6.92 Å². The summed E-state index contributed by atoms with van der Waals surface area (Å²) in [7, 11) is 0. The molecule has 0 aliphatic heterocycles. The SMILES string of the molecule is CCN(CC(F)(F)F)C(=O)C1(N)CCCCC1. The van der Waals surface area contributed by atoms with Gasteiger partial charge >= 0.3 is 6.18 Å². The summed E-state index contributed by atoms with van der Waals surface area (Å²) >= 11 is 0. The number of nitrogens with zero attached hydrogens (tertiary/aromatic N) is 1. The molecule has 0 bridgehead atoms. The Morgan fingerprint density at radius 3 is 2.24 bits per heavy atom. The van der Waals surface area contributed by atoms with Gasteiger partial charge in [0, 0.05) is 6.54 Å². The summed E-state index contributed by atoms with van der Waals surface area (Å²) in [6.07, 6.45) is -0.772. The van der Waals surface area contributed by atoms with Gasteiger partial charge in [0.1, 0.15) is 6.54 Å². The van der Waals surface area contributed by atoms with Gasteiger partial charge in [0.2, 0.25) is 5.91 Å². The van der Waals surface area contributed by atoms with Gasteiger partial charge in [0.25, 0.3) is 0 Å². The van der Waals surface area contributed by atoms with Crippen molar-refractivity contribution in [2.24, 2.45) is 5.73 Å². The smallest absolute Gasteiger partial charge is 0.332 e. The molecule has 17 heavy (non-hydrogen) atoms. The van der Waals surface area contributed by atoms with Crippen LogP contribution >= 0.6 is 0 Å². The minimum Gasteiger partial charge on any atom is -0.332 e. The molecule has 0 radical (unpaired) electrons. The zero-order valence-electron chi connectivity index (χ0n) is 10.0. The summed E-state index contributed by atoms with van der Waals surface area (Å²) in [5.74, 6) is -0.558. The normalized spacial score (nSPS) is 20.1. The third-order valence-corrected chi connectivity index (χ3v) is 3.21. The van der Waals surface area contributed by atoms with Crippen LogP contribution in [0, 0.1) is 0 Å². The van der Waals surface area contributed by atoms with Gasteiger partial charge in [-0.2, -0.15) is 13.2 Å². The number of hydrogen-bond acceptors (Lipinski definition) is 2. The molecular formula is C11H19F3N2O. The molecule has 0 aromatic carbocycles. The number of amides is 1. The Kier molecular flexibility index (Phi) is 4.41. The maximum absolute atomic E-state index is 12.3. The first-order chi connectivity index (χ1) is 7.78. The number of rotatable bonds is 3. The van der Waals surface area contributed by atoms with E-state index in [9.17, 15) is 18.0 Å². The molecule has 0 saturated heterocycles. The van der Waals surface area contributed by atoms with Crippen molar-refractivity contribution in [3.05, 3.63) is 0 Å². The lowest BCUT2D eigenvalue weighted by Gasteiger charge is -2.36. The Hall–Kier alpha value is -0.780. The van der Waals surface area contributed by atoms with E-state index in [2.05, 4.69) is 0 Å². The molecule has 0 unspecified atom stereocenters. The highest BCUT2D eigenvalue weighted by Gasteiger charge is 2.41. The van der Waals surface area contributed by atoms with Crippen molar-refractivity contribution in [1.29, 1.82) is 0 Å². The average molecular weight is 252 g/mol. The molecule has 1 saturated carbocycles. The van der Waals surface area contributed by atoms with Crippen molar-refractivity contribution >= 4 is 5.91 Å². The number of carbonyl (C=O) groups is 1. The van der Waals surface area contributed by atoms with Crippen LogP contribution in [0.4, 0.5) is 13.2 Å². The fraction of sp³-hybridized carbons (Fsp3) is 0.909. The zero-order valence-corrected chi connectivity index (χ0v) is 10.0. The minimum absolute atomic E-state index is 0.0390. The van der Waals surface area contributed by atoms with Crippen LogP contribution in [0.15, 0.2) is 0 Å². The first-order valence-corrected chi connectivity index (χ1v) is 5.93. The van der Waals surface area contributed by atoms with Gasteiger partial charge < -0.3 is 10.6 Å². The van der Waals surface area contributed by atoms with Gasteiger partial charge in [-0.3, -0.25) is 4.79 Å². The molecule has 0 aromatic heterocycles. The molecule has 0 heterocycles. The lowest BCUT2D eigenvalue weighted by atomic mass is 9.81. The van der Waals surface area contributed by atoms with E-state index in [-0.39, 0.29) is 6.54 Å². The number of alkyl halides is 3. The number of likely N-dealkylation sites (N-methyl/N-ethyl adjacent to an activating group) is 1. The molecule has 1 aliphatic carbocycles. The van der Waals surface area contributed by atoms with Gasteiger partial charge in [-0.1, -0.05) is 19.3 Å². The highest BCUT2D eigenvalue weighted by atomic mass is 19.4. The molecule has 1 aliphatic rings. The van der Waals surface area contributed by atoms with Crippen molar-refractivity contribution < 1.29 is 18.0 Å². The van der Waals surface area contributed by atoms with Crippen LogP contribution in [0.2, 0.25) is 0 Å². The molecule has 0 aromatic rings. The van der Waals surface area contributed by atoms with Crippen LogP contribution in [0.1, 0.15) is 39.0 Å². The van der Waals surface area contributed by atoms with Gasteiger partial charge in [0.15, 0.2) is 0 Å². The molecule has 2 N–H and O–H groups in total. The fourth-order valence-electron chi connectivity index (χ4n) is 2.26. The Balaban J connectivity index is 2.71. The summed E-state index contributed by atoms with van der Waals surface area (Å²) in [6.45, 7) is 0.369. The maximum Gasteiger partial charge on any atom is 0.406 e. The lowest BCUT2D eigenvalue weighted by Crippen LogP contribution is -2.57. The van der Waals surface area contributed by atoms with Crippen LogP contribution in [0.3, 0.4) is 0 Å². The number of hydrogen-bond donors (Lipinski definition) is 1. The Morgan fingerprint density at radius 1 is 1.29 bits per heavy atom. The molecule has 6 heteroatoms. The van der Waals surface area contributed by atoms with Crippen molar-refractivity contribution in [3.63, 3.8) is 0 Å². The number of carbonyl (C=O) groups excluding carboxylic acids is 1. The molecular weight excluding hydrogens is 233 g/mol. The standard InChI is InChI=1S/C11H19F3N2O/c1-2-16(8-11(12,13)14)9(17)10(15)6-4-3-5-7-10/h2-8,15H2,1H3. The summed E-state index contributed by atoms with van der Waals surface area (Å²) in [5.41, 5.74) is 4.86. The fourth-order valence-corrected chi connectivity index (χ4v) is 2.26. The molecule has 0 spiro atoms. The molecule has 1 fully saturated rings. The number of halogens is 3. The largest absolute Gasteiger partial charge is 0.406 e. The van der Waals surface area contributed by atoms with Crippen LogP contribution in [0.25, 0.3) is 0 Å². The minimum atomic E-state index is -4.36. The van der Waals surface area contributed by atoms with E-state index in [1.807, 2.05) is 0 Å². The van der Waals surface area contributed by atoms with Crippen molar-refractivity contribution in [3.8, 4) is 0 Å². The highest BCUT2D eigenvalue weighted by molar-refractivity contribution is 5.86. The van der Waals surface area contributed by atoms with E-state index >= 15 is 0 Å². The van der Waals surface area contributed by atoms with E-state index in [1.54, 1.807) is 0 Å². The van der Waals surface area contributed by atoms with E-state index in [0.717, 1.165) is 24.2 Å². The predicted molar refractivity (Wildman–Crippen MR) is 58.3 cm³/mol. The molecule has 100 valence electrons. The lowest BCUT2D eigenvalue weighted by molar-refractivity contribution is -0.164. The molecule has 1 amide bonds. The summed E-state index contributed by atoms with van der Waals surface area (Å²) in [5, 5.41) is 0. The third-order valence-electron chi connectivity index (χ3n) is 3.21. The highest BCUT2D eigenvalue weighted by Crippen LogP contribution is 2.28. The topological polar surface area (TPSA) is 46.3 Å². The Morgan fingerprint density at radius 2 is 1.82 bits per heavy atom. The van der Waals surface area contributed by atoms with E-state index in [0.29, 0.717) is 12.8 Å². The maximum atomic E-state index is 12.3. The van der Waals surface area contributed by atoms with Gasteiger partial charge in [-0.05, 0) is 19.8 Å². The summed E-state index contributed by atoms with van der Waals surface area (Å²) < 4.78 is 36.9. The zero-order chi connectivity index (χ0) is 13.1. The van der Waals surface area contributed by atoms with Crippen molar-refractivity contribution in [2.45, 2.75) is 50.7 Å². The third kappa shape index (κ3) is 3.87. The monoisotopic (exact) mass is 252 g/mol. The summed E-state index contributed by atoms with van der Waals surface area (Å²) in [4.78, 5) is 12.8. The second kappa shape index (κ2) is 5.25. The van der Waals surface area contributed by atoms with E-state index in [4.69, 9.17) is 5.73 Å². The van der Waals surface area contributed by atoms with Crippen molar-refractivity contribution in [1.82, 2.24) is 4.90 Å². The number of nitrogens with two attached hydrogens (primary N) is 1. The Labute approximate surface area is 99.1 Å². The average Bonchev–Trinajstić information content (AvgIpc) is 2.25. The van der Waals surface area contributed by atoms with Gasteiger partial charge in [-0.25, -0.2) is 0 Å². The van der Waals surface area contributed by atoms with Crippen LogP contribution in [-0.4, -0.2) is 35.6 Å². The molecule has 1 rings (SSSR count). The molecule has 3 nitrogen and oxygen atoms in total. The first kappa shape index (κ1) is 14.3. The molecule has 0 atom stereocenters. The van der Waals surface area contributed by atoms with Crippen LogP contribution in [0.5, 0.6) is 0 Å². The predicted octanol–water partition coefficient (Wildman–Crippen LogP) is 2.06. The Bertz CT molecular complexity index is 272. The van der Waals surface area contributed by atoms with Gasteiger partial charge in [0.05, 0.1) is 5.54 Å². The van der Waals surface area contributed by atoms with E-state index < -0.39 is 24.2 Å². The quantitative estimate of drug-likeness (QED) is 0.835. The summed E-state index contributed by atoms with van der Waals surface area (Å²) in [6, 6.07) is 0. The van der Waals surface area contributed by atoms with Crippen LogP contribution in [-0.2, 0) is 4.79 Å². The second-order valence-corrected chi connectivity index (χ2v) is 4.65. The first-order valence-electron chi connectivity index (χ1n) is 5.93.